The molecule has 0 aliphatic carbocycles. The minimum absolute atomic E-state index is 0.141. The van der Waals surface area contributed by atoms with Gasteiger partial charge in [0.1, 0.15) is 5.70 Å². The van der Waals surface area contributed by atoms with Crippen LogP contribution in [0.3, 0.4) is 0 Å². The van der Waals surface area contributed by atoms with E-state index < -0.39 is 16.8 Å². The van der Waals surface area contributed by atoms with Crippen LogP contribution in [0.1, 0.15) is 20.3 Å². The van der Waals surface area contributed by atoms with Crippen molar-refractivity contribution in [1.82, 2.24) is 15.3 Å². The minimum Gasteiger partial charge on any atom is -0.382 e. The van der Waals surface area contributed by atoms with Gasteiger partial charge in [-0.15, -0.1) is 0 Å². The van der Waals surface area contributed by atoms with Gasteiger partial charge in [0.05, 0.1) is 24.2 Å². The highest BCUT2D eigenvalue weighted by Crippen LogP contribution is 2.32. The number of hydrazine groups is 1. The molecular weight excluding hydrogens is 359 g/mol. The van der Waals surface area contributed by atoms with Crippen molar-refractivity contribution in [3.05, 3.63) is 34.2 Å². The van der Waals surface area contributed by atoms with Crippen molar-refractivity contribution < 1.29 is 22.7 Å². The lowest BCUT2D eigenvalue weighted by Gasteiger charge is -2.41. The standard InChI is InChI=1S/C16H21ClF3N3O2/c1-4-11(7-13(17)10(2)16(18,19)20)22-8-12(9-25-3)23-14(15(22)24)5-6-21-23/h5,7,12,21H,4,6,8-9H2,1-3H3/b11-7+,13-10-. The van der Waals surface area contributed by atoms with Crippen LogP contribution in [0.2, 0.25) is 0 Å². The molecule has 1 N–H and O–H groups in total. The average molecular weight is 380 g/mol. The summed E-state index contributed by atoms with van der Waals surface area (Å²) >= 11 is 5.85. The van der Waals surface area contributed by atoms with Crippen molar-refractivity contribution in [2.24, 2.45) is 0 Å². The first-order valence-electron chi connectivity index (χ1n) is 7.88. The maximum absolute atomic E-state index is 12.8. The molecule has 0 aromatic rings. The Morgan fingerprint density at radius 1 is 1.52 bits per heavy atom. The minimum atomic E-state index is -4.51. The number of carbonyl (C=O) groups is 1. The van der Waals surface area contributed by atoms with Crippen LogP contribution in [0.4, 0.5) is 13.2 Å². The molecule has 0 saturated carbocycles. The number of alkyl halides is 3. The van der Waals surface area contributed by atoms with Crippen LogP contribution >= 0.6 is 11.6 Å². The van der Waals surface area contributed by atoms with Gasteiger partial charge in [0.2, 0.25) is 0 Å². The van der Waals surface area contributed by atoms with E-state index in [1.54, 1.807) is 25.1 Å². The number of hydrogen-bond acceptors (Lipinski definition) is 4. The average Bonchev–Trinajstić information content (AvgIpc) is 3.04. The molecule has 25 heavy (non-hydrogen) atoms. The second kappa shape index (κ2) is 7.80. The highest BCUT2D eigenvalue weighted by atomic mass is 35.5. The largest absolute Gasteiger partial charge is 0.413 e. The smallest absolute Gasteiger partial charge is 0.382 e. The third kappa shape index (κ3) is 4.19. The summed E-state index contributed by atoms with van der Waals surface area (Å²) in [6, 6.07) is -0.141. The number of nitrogens with one attached hydrogen (secondary N) is 1. The number of methoxy groups -OCH3 is 1. The van der Waals surface area contributed by atoms with E-state index in [1.807, 2.05) is 0 Å². The van der Waals surface area contributed by atoms with Gasteiger partial charge < -0.3 is 9.64 Å². The third-order valence-corrected chi connectivity index (χ3v) is 4.58. The number of piperazine rings is 1. The molecule has 2 rings (SSSR count). The van der Waals surface area contributed by atoms with Crippen molar-refractivity contribution in [2.45, 2.75) is 32.5 Å². The zero-order valence-corrected chi connectivity index (χ0v) is 15.0. The van der Waals surface area contributed by atoms with Gasteiger partial charge in [0, 0.05) is 24.9 Å². The highest BCUT2D eigenvalue weighted by molar-refractivity contribution is 6.31. The summed E-state index contributed by atoms with van der Waals surface area (Å²) < 4.78 is 43.7. The lowest BCUT2D eigenvalue weighted by Crippen LogP contribution is -2.57. The fourth-order valence-corrected chi connectivity index (χ4v) is 3.02. The van der Waals surface area contributed by atoms with Crippen molar-refractivity contribution in [3.63, 3.8) is 0 Å². The van der Waals surface area contributed by atoms with Gasteiger partial charge in [-0.05, 0) is 25.5 Å². The van der Waals surface area contributed by atoms with Crippen LogP contribution in [0.25, 0.3) is 0 Å². The van der Waals surface area contributed by atoms with Crippen LogP contribution in [0, 0.1) is 0 Å². The molecule has 0 aromatic heterocycles. The number of allylic oxidation sites excluding steroid dienone is 4. The number of carbonyl (C=O) groups excluding carboxylic acids is 1. The van der Waals surface area contributed by atoms with Gasteiger partial charge in [0.25, 0.3) is 5.91 Å². The summed E-state index contributed by atoms with van der Waals surface area (Å²) in [6.07, 6.45) is -1.16. The van der Waals surface area contributed by atoms with E-state index in [1.165, 1.54) is 11.0 Å². The fourth-order valence-electron chi connectivity index (χ4n) is 2.78. The molecule has 0 bridgehead atoms. The number of hydrogen-bond donors (Lipinski definition) is 1. The SMILES string of the molecule is CC/C(=C\C(Cl)=C(/C)C(F)(F)F)N1CC(COC)N2NCC=C2C1=O. The molecule has 0 radical (unpaired) electrons. The van der Waals surface area contributed by atoms with E-state index in [2.05, 4.69) is 5.43 Å². The van der Waals surface area contributed by atoms with E-state index in [-0.39, 0.29) is 11.9 Å². The Hall–Kier alpha value is -1.51. The number of fused-ring (bicyclic) bond motifs is 1. The number of halogens is 4. The highest BCUT2D eigenvalue weighted by Gasteiger charge is 2.39. The van der Waals surface area contributed by atoms with Crippen molar-refractivity contribution in [3.8, 4) is 0 Å². The Kier molecular flexibility index (Phi) is 6.18. The Morgan fingerprint density at radius 3 is 2.76 bits per heavy atom. The molecule has 1 fully saturated rings. The maximum atomic E-state index is 12.8. The Morgan fingerprint density at radius 2 is 2.20 bits per heavy atom. The number of nitrogens with zero attached hydrogens (tertiary/aromatic N) is 2. The van der Waals surface area contributed by atoms with Crippen molar-refractivity contribution in [2.75, 3.05) is 26.8 Å². The van der Waals surface area contributed by atoms with E-state index in [0.29, 0.717) is 37.5 Å². The summed E-state index contributed by atoms with van der Waals surface area (Å²) in [5, 5.41) is 1.34. The van der Waals surface area contributed by atoms with E-state index >= 15 is 0 Å². The molecule has 1 amide bonds. The Balaban J connectivity index is 2.36. The molecule has 5 nitrogen and oxygen atoms in total. The first kappa shape index (κ1) is 19.8. The monoisotopic (exact) mass is 379 g/mol. The lowest BCUT2D eigenvalue weighted by atomic mass is 10.1. The van der Waals surface area contributed by atoms with E-state index in [0.717, 1.165) is 6.92 Å². The summed E-state index contributed by atoms with van der Waals surface area (Å²) in [7, 11) is 1.56. The number of ether oxygens (including phenoxy) is 1. The van der Waals surface area contributed by atoms with E-state index in [9.17, 15) is 18.0 Å². The summed E-state index contributed by atoms with van der Waals surface area (Å²) in [5.41, 5.74) is 3.11. The lowest BCUT2D eigenvalue weighted by molar-refractivity contribution is -0.132. The molecule has 1 saturated heterocycles. The predicted molar refractivity (Wildman–Crippen MR) is 88.3 cm³/mol. The summed E-state index contributed by atoms with van der Waals surface area (Å²) in [4.78, 5) is 14.2. The van der Waals surface area contributed by atoms with Gasteiger partial charge in [-0.3, -0.25) is 9.80 Å². The second-order valence-electron chi connectivity index (χ2n) is 5.81. The molecule has 2 aliphatic heterocycles. The molecule has 1 atom stereocenters. The van der Waals surface area contributed by atoms with E-state index in [4.69, 9.17) is 16.3 Å². The molecule has 2 aliphatic rings. The molecule has 140 valence electrons. The quantitative estimate of drug-likeness (QED) is 0.746. The van der Waals surface area contributed by atoms with Gasteiger partial charge in [-0.1, -0.05) is 18.5 Å². The maximum Gasteiger partial charge on any atom is 0.413 e. The Bertz CT molecular complexity index is 629. The number of rotatable bonds is 5. The molecular formula is C16H21ClF3N3O2. The molecule has 0 aromatic carbocycles. The van der Waals surface area contributed by atoms with Crippen LogP contribution in [-0.2, 0) is 9.53 Å². The molecule has 2 heterocycles. The van der Waals surface area contributed by atoms with Crippen molar-refractivity contribution >= 4 is 17.5 Å². The summed E-state index contributed by atoms with van der Waals surface area (Å²) in [6.45, 7) is 3.88. The predicted octanol–water partition coefficient (Wildman–Crippen LogP) is 2.92. The van der Waals surface area contributed by atoms with Gasteiger partial charge in [0.15, 0.2) is 0 Å². The van der Waals surface area contributed by atoms with Crippen LogP contribution in [0.5, 0.6) is 0 Å². The van der Waals surface area contributed by atoms with Crippen LogP contribution in [0.15, 0.2) is 34.2 Å². The van der Waals surface area contributed by atoms with Gasteiger partial charge >= 0.3 is 6.18 Å². The third-order valence-electron chi connectivity index (χ3n) is 4.18. The molecule has 9 heteroatoms. The molecule has 1 unspecified atom stereocenters. The van der Waals surface area contributed by atoms with Crippen LogP contribution in [-0.4, -0.2) is 54.8 Å². The fraction of sp³-hybridized carbons (Fsp3) is 0.562. The van der Waals surface area contributed by atoms with Gasteiger partial charge in [-0.2, -0.15) is 13.2 Å². The van der Waals surface area contributed by atoms with Crippen molar-refractivity contribution in [1.29, 1.82) is 0 Å². The Labute approximate surface area is 149 Å². The van der Waals surface area contributed by atoms with Crippen LogP contribution < -0.4 is 5.43 Å². The zero-order valence-electron chi connectivity index (χ0n) is 14.3. The normalized spacial score (nSPS) is 22.8. The zero-order chi connectivity index (χ0) is 18.8. The topological polar surface area (TPSA) is 44.8 Å². The molecule has 0 spiro atoms. The number of amides is 1. The summed E-state index contributed by atoms with van der Waals surface area (Å²) in [5.74, 6) is -0.264. The first-order chi connectivity index (χ1) is 11.7. The second-order valence-corrected chi connectivity index (χ2v) is 6.21. The first-order valence-corrected chi connectivity index (χ1v) is 8.26. The van der Waals surface area contributed by atoms with Gasteiger partial charge in [-0.25, -0.2) is 5.43 Å².